The van der Waals surface area contributed by atoms with Crippen LogP contribution in [0.15, 0.2) is 18.2 Å². The van der Waals surface area contributed by atoms with Crippen LogP contribution < -0.4 is 11.3 Å². The molecule has 1 aromatic carbocycles. The van der Waals surface area contributed by atoms with Crippen LogP contribution in [0.25, 0.3) is 0 Å². The van der Waals surface area contributed by atoms with Gasteiger partial charge in [-0.05, 0) is 50.5 Å². The van der Waals surface area contributed by atoms with E-state index in [4.69, 9.17) is 10.6 Å². The van der Waals surface area contributed by atoms with E-state index in [-0.39, 0.29) is 11.9 Å². The third-order valence-corrected chi connectivity index (χ3v) is 3.51. The third kappa shape index (κ3) is 3.07. The largest absolute Gasteiger partial charge is 0.374 e. The summed E-state index contributed by atoms with van der Waals surface area (Å²) in [7, 11) is 0. The topological polar surface area (TPSA) is 47.3 Å². The lowest BCUT2D eigenvalue weighted by molar-refractivity contribution is -0.0565. The zero-order valence-electron chi connectivity index (χ0n) is 11.6. The van der Waals surface area contributed by atoms with Gasteiger partial charge in [-0.15, -0.1) is 0 Å². The van der Waals surface area contributed by atoms with Crippen molar-refractivity contribution >= 4 is 0 Å². The Kier molecular flexibility index (Phi) is 5.26. The molecule has 0 aliphatic carbocycles. The molecule has 0 bridgehead atoms. The van der Waals surface area contributed by atoms with Crippen LogP contribution in [0, 0.1) is 12.7 Å². The summed E-state index contributed by atoms with van der Waals surface area (Å²) in [5.41, 5.74) is 4.16. The van der Waals surface area contributed by atoms with Gasteiger partial charge in [0, 0.05) is 6.61 Å². The molecule has 1 rings (SSSR count). The minimum atomic E-state index is -0.456. The molecule has 0 fully saturated rings. The number of aryl methyl sites for hydroxylation is 1. The molecule has 0 heterocycles. The second kappa shape index (κ2) is 6.27. The molecule has 0 aliphatic heterocycles. The Hall–Kier alpha value is -0.970. The van der Waals surface area contributed by atoms with E-state index in [9.17, 15) is 4.39 Å². The summed E-state index contributed by atoms with van der Waals surface area (Å²) in [5.74, 6) is 5.40. The molecule has 0 spiro atoms. The highest BCUT2D eigenvalue weighted by Gasteiger charge is 2.34. The molecular formula is C14H23FN2O. The number of halogens is 1. The molecule has 0 aromatic heterocycles. The van der Waals surface area contributed by atoms with E-state index in [1.165, 1.54) is 12.1 Å². The Labute approximate surface area is 108 Å². The Morgan fingerprint density at radius 2 is 2.11 bits per heavy atom. The molecule has 4 heteroatoms. The maximum absolute atomic E-state index is 13.4. The number of nitrogens with one attached hydrogen (secondary N) is 1. The van der Waals surface area contributed by atoms with E-state index in [1.54, 1.807) is 6.07 Å². The van der Waals surface area contributed by atoms with Crippen molar-refractivity contribution in [3.8, 4) is 0 Å². The first-order valence-corrected chi connectivity index (χ1v) is 6.34. The van der Waals surface area contributed by atoms with Crippen LogP contribution in [0.1, 0.15) is 44.4 Å². The first-order valence-electron chi connectivity index (χ1n) is 6.34. The maximum atomic E-state index is 13.4. The Bertz CT molecular complexity index is 397. The summed E-state index contributed by atoms with van der Waals surface area (Å²) >= 11 is 0. The summed E-state index contributed by atoms with van der Waals surface area (Å²) in [6.45, 7) is 8.51. The lowest BCUT2D eigenvalue weighted by atomic mass is 9.86. The van der Waals surface area contributed by atoms with Crippen LogP contribution in [0.4, 0.5) is 4.39 Å². The van der Waals surface area contributed by atoms with Gasteiger partial charge < -0.3 is 4.74 Å². The van der Waals surface area contributed by atoms with Gasteiger partial charge in [0.1, 0.15) is 5.82 Å². The normalized spacial score (nSPS) is 16.3. The average Bonchev–Trinajstić information content (AvgIpc) is 2.34. The summed E-state index contributed by atoms with van der Waals surface area (Å²) in [4.78, 5) is 0. The molecule has 0 radical (unpaired) electrons. The van der Waals surface area contributed by atoms with Gasteiger partial charge >= 0.3 is 0 Å². The van der Waals surface area contributed by atoms with Crippen molar-refractivity contribution in [1.29, 1.82) is 0 Å². The predicted molar refractivity (Wildman–Crippen MR) is 71.5 cm³/mol. The van der Waals surface area contributed by atoms with Gasteiger partial charge in [0.2, 0.25) is 0 Å². The van der Waals surface area contributed by atoms with Crippen molar-refractivity contribution in [1.82, 2.24) is 5.43 Å². The molecule has 2 unspecified atom stereocenters. The van der Waals surface area contributed by atoms with Crippen LogP contribution in [0.5, 0.6) is 0 Å². The van der Waals surface area contributed by atoms with Gasteiger partial charge in [0.05, 0.1) is 11.6 Å². The van der Waals surface area contributed by atoms with E-state index in [2.05, 4.69) is 5.43 Å². The standard InChI is InChI=1S/C14H23FN2O/c1-5-14(4,18-6-2)13(17-16)12-9-11(15)8-7-10(12)3/h7-9,13,17H,5-6,16H2,1-4H3. The van der Waals surface area contributed by atoms with Crippen LogP contribution >= 0.6 is 0 Å². The first-order chi connectivity index (χ1) is 8.48. The smallest absolute Gasteiger partial charge is 0.123 e. The highest BCUT2D eigenvalue weighted by atomic mass is 19.1. The van der Waals surface area contributed by atoms with Gasteiger partial charge in [-0.3, -0.25) is 11.3 Å². The van der Waals surface area contributed by atoms with Crippen molar-refractivity contribution in [2.75, 3.05) is 6.61 Å². The molecule has 0 saturated heterocycles. The number of hydrogen-bond donors (Lipinski definition) is 2. The highest BCUT2D eigenvalue weighted by Crippen LogP contribution is 2.33. The molecular weight excluding hydrogens is 231 g/mol. The molecule has 102 valence electrons. The fourth-order valence-corrected chi connectivity index (χ4v) is 2.24. The average molecular weight is 254 g/mol. The summed E-state index contributed by atoms with van der Waals surface area (Å²) < 4.78 is 19.2. The first kappa shape index (κ1) is 15.1. The lowest BCUT2D eigenvalue weighted by Gasteiger charge is -2.37. The number of hydrogen-bond acceptors (Lipinski definition) is 3. The van der Waals surface area contributed by atoms with Crippen LogP contribution in [-0.4, -0.2) is 12.2 Å². The zero-order chi connectivity index (χ0) is 13.8. The SMILES string of the molecule is CCOC(C)(CC)C(NN)c1cc(F)ccc1C. The van der Waals surface area contributed by atoms with Crippen LogP contribution in [-0.2, 0) is 4.74 Å². The molecule has 0 saturated carbocycles. The van der Waals surface area contributed by atoms with Gasteiger partial charge in [-0.25, -0.2) is 4.39 Å². The molecule has 2 atom stereocenters. The third-order valence-electron chi connectivity index (χ3n) is 3.51. The van der Waals surface area contributed by atoms with Crippen LogP contribution in [0.3, 0.4) is 0 Å². The Morgan fingerprint density at radius 3 is 2.61 bits per heavy atom. The molecule has 0 aliphatic rings. The van der Waals surface area contributed by atoms with Crippen molar-refractivity contribution in [3.05, 3.63) is 35.1 Å². The quantitative estimate of drug-likeness (QED) is 0.606. The second-order valence-electron chi connectivity index (χ2n) is 4.70. The number of rotatable bonds is 6. The van der Waals surface area contributed by atoms with Crippen molar-refractivity contribution in [2.24, 2.45) is 5.84 Å². The van der Waals surface area contributed by atoms with Gasteiger partial charge in [-0.2, -0.15) is 0 Å². The number of benzene rings is 1. The number of ether oxygens (including phenoxy) is 1. The second-order valence-corrected chi connectivity index (χ2v) is 4.70. The fourth-order valence-electron chi connectivity index (χ4n) is 2.24. The minimum absolute atomic E-state index is 0.238. The fraction of sp³-hybridized carbons (Fsp3) is 0.571. The van der Waals surface area contributed by atoms with Gasteiger partial charge in [-0.1, -0.05) is 13.0 Å². The Balaban J connectivity index is 3.19. The highest BCUT2D eigenvalue weighted by molar-refractivity contribution is 5.31. The predicted octanol–water partition coefficient (Wildman–Crippen LogP) is 2.84. The minimum Gasteiger partial charge on any atom is -0.374 e. The van der Waals surface area contributed by atoms with E-state index >= 15 is 0 Å². The maximum Gasteiger partial charge on any atom is 0.123 e. The zero-order valence-corrected chi connectivity index (χ0v) is 11.6. The molecule has 3 N–H and O–H groups in total. The molecule has 1 aromatic rings. The van der Waals surface area contributed by atoms with Gasteiger partial charge in [0.15, 0.2) is 0 Å². The molecule has 0 amide bonds. The Morgan fingerprint density at radius 1 is 1.44 bits per heavy atom. The molecule has 3 nitrogen and oxygen atoms in total. The van der Waals surface area contributed by atoms with Gasteiger partial charge in [0.25, 0.3) is 0 Å². The summed E-state index contributed by atoms with van der Waals surface area (Å²) in [6.07, 6.45) is 0.783. The van der Waals surface area contributed by atoms with Crippen molar-refractivity contribution in [3.63, 3.8) is 0 Å². The van der Waals surface area contributed by atoms with Crippen molar-refractivity contribution in [2.45, 2.75) is 45.8 Å². The van der Waals surface area contributed by atoms with Crippen LogP contribution in [0.2, 0.25) is 0 Å². The van der Waals surface area contributed by atoms with Crippen molar-refractivity contribution < 1.29 is 9.13 Å². The van der Waals surface area contributed by atoms with E-state index in [0.29, 0.717) is 6.61 Å². The van der Waals surface area contributed by atoms with E-state index < -0.39 is 5.60 Å². The summed E-state index contributed by atoms with van der Waals surface area (Å²) in [5, 5.41) is 0. The number of hydrazine groups is 1. The lowest BCUT2D eigenvalue weighted by Crippen LogP contribution is -2.46. The van der Waals surface area contributed by atoms with E-state index in [1.807, 2.05) is 27.7 Å². The number of nitrogens with two attached hydrogens (primary N) is 1. The van der Waals surface area contributed by atoms with E-state index in [0.717, 1.165) is 17.5 Å². The summed E-state index contributed by atoms with van der Waals surface area (Å²) in [6, 6.07) is 4.50. The monoisotopic (exact) mass is 254 g/mol. The molecule has 18 heavy (non-hydrogen) atoms.